The Morgan fingerprint density at radius 3 is 2.58 bits per heavy atom. The summed E-state index contributed by atoms with van der Waals surface area (Å²) in [5, 5.41) is 0. The van der Waals surface area contributed by atoms with Crippen LogP contribution in [0.5, 0.6) is 0 Å². The molecule has 0 spiro atoms. The molecule has 1 aliphatic carbocycles. The van der Waals surface area contributed by atoms with Crippen molar-refractivity contribution in [3.05, 3.63) is 12.2 Å². The standard InChI is InChI=1S/C9H12O3/c1-4-5-7(10-5)8-6(4)11-9(2,3)12-8/h5-8H,1H2,2-3H3/t5-,6-,7-,8-/m1/s1. The van der Waals surface area contributed by atoms with Crippen LogP contribution in [0.1, 0.15) is 13.8 Å². The molecule has 0 unspecified atom stereocenters. The zero-order valence-corrected chi connectivity index (χ0v) is 7.24. The number of ether oxygens (including phenoxy) is 3. The van der Waals surface area contributed by atoms with Crippen molar-refractivity contribution in [2.24, 2.45) is 0 Å². The number of hydrogen-bond acceptors (Lipinski definition) is 3. The van der Waals surface area contributed by atoms with Gasteiger partial charge < -0.3 is 14.2 Å². The number of hydrogen-bond donors (Lipinski definition) is 0. The van der Waals surface area contributed by atoms with Gasteiger partial charge in [-0.05, 0) is 19.4 Å². The third-order valence-corrected chi connectivity index (χ3v) is 2.71. The second kappa shape index (κ2) is 1.76. The molecule has 0 N–H and O–H groups in total. The molecule has 0 aromatic carbocycles. The Morgan fingerprint density at radius 2 is 1.92 bits per heavy atom. The summed E-state index contributed by atoms with van der Waals surface area (Å²) in [5.41, 5.74) is 1.05. The fourth-order valence-electron chi connectivity index (χ4n) is 2.15. The zero-order chi connectivity index (χ0) is 8.51. The van der Waals surface area contributed by atoms with Gasteiger partial charge in [0, 0.05) is 0 Å². The van der Waals surface area contributed by atoms with Gasteiger partial charge >= 0.3 is 0 Å². The van der Waals surface area contributed by atoms with Crippen molar-refractivity contribution in [2.75, 3.05) is 0 Å². The van der Waals surface area contributed by atoms with Gasteiger partial charge in [0.05, 0.1) is 0 Å². The minimum Gasteiger partial charge on any atom is -0.362 e. The average molecular weight is 168 g/mol. The monoisotopic (exact) mass is 168 g/mol. The molecule has 3 nitrogen and oxygen atoms in total. The van der Waals surface area contributed by atoms with Crippen LogP contribution in [-0.2, 0) is 14.2 Å². The molecule has 2 saturated heterocycles. The molecule has 12 heavy (non-hydrogen) atoms. The van der Waals surface area contributed by atoms with Gasteiger partial charge in [0.25, 0.3) is 0 Å². The summed E-state index contributed by atoms with van der Waals surface area (Å²) in [4.78, 5) is 0. The van der Waals surface area contributed by atoms with Gasteiger partial charge in [0.1, 0.15) is 24.4 Å². The molecule has 0 aromatic heterocycles. The van der Waals surface area contributed by atoms with Gasteiger partial charge in [-0.2, -0.15) is 0 Å². The van der Waals surface area contributed by atoms with E-state index in [0.29, 0.717) is 0 Å². The Labute approximate surface area is 71.3 Å². The molecule has 3 heteroatoms. The van der Waals surface area contributed by atoms with Crippen molar-refractivity contribution >= 4 is 0 Å². The summed E-state index contributed by atoms with van der Waals surface area (Å²) < 4.78 is 16.7. The predicted octanol–water partition coefficient (Wildman–Crippen LogP) is 0.844. The first kappa shape index (κ1) is 7.06. The van der Waals surface area contributed by atoms with Gasteiger partial charge in [-0.1, -0.05) is 6.58 Å². The first-order valence-corrected chi connectivity index (χ1v) is 4.28. The van der Waals surface area contributed by atoms with E-state index in [0.717, 1.165) is 5.57 Å². The van der Waals surface area contributed by atoms with Gasteiger partial charge in [0.2, 0.25) is 0 Å². The van der Waals surface area contributed by atoms with E-state index in [2.05, 4.69) is 6.58 Å². The van der Waals surface area contributed by atoms with E-state index in [9.17, 15) is 0 Å². The first-order chi connectivity index (χ1) is 5.58. The fraction of sp³-hybridized carbons (Fsp3) is 0.778. The molecule has 1 saturated carbocycles. The maximum Gasteiger partial charge on any atom is 0.164 e. The molecular formula is C9H12O3. The topological polar surface area (TPSA) is 31.0 Å². The molecule has 0 aromatic rings. The van der Waals surface area contributed by atoms with E-state index < -0.39 is 5.79 Å². The Balaban J connectivity index is 1.91. The van der Waals surface area contributed by atoms with E-state index in [4.69, 9.17) is 14.2 Å². The predicted molar refractivity (Wildman–Crippen MR) is 41.6 cm³/mol. The molecule has 0 radical (unpaired) electrons. The van der Waals surface area contributed by atoms with Crippen LogP contribution >= 0.6 is 0 Å². The minimum absolute atomic E-state index is 0.0729. The summed E-state index contributed by atoms with van der Waals surface area (Å²) in [7, 11) is 0. The largest absolute Gasteiger partial charge is 0.362 e. The van der Waals surface area contributed by atoms with Crippen LogP contribution in [0, 0.1) is 0 Å². The Morgan fingerprint density at radius 1 is 1.17 bits per heavy atom. The molecular weight excluding hydrogens is 156 g/mol. The van der Waals surface area contributed by atoms with Crippen LogP contribution < -0.4 is 0 Å². The first-order valence-electron chi connectivity index (χ1n) is 4.28. The number of rotatable bonds is 0. The highest BCUT2D eigenvalue weighted by Crippen LogP contribution is 2.50. The number of epoxide rings is 1. The van der Waals surface area contributed by atoms with Crippen LogP contribution in [0.3, 0.4) is 0 Å². The molecule has 66 valence electrons. The molecule has 0 bridgehead atoms. The van der Waals surface area contributed by atoms with Crippen LogP contribution in [0.15, 0.2) is 12.2 Å². The second-order valence-corrected chi connectivity index (χ2v) is 4.12. The lowest BCUT2D eigenvalue weighted by Gasteiger charge is -2.17. The van der Waals surface area contributed by atoms with Crippen LogP contribution in [0.4, 0.5) is 0 Å². The average Bonchev–Trinajstić information content (AvgIpc) is 2.62. The van der Waals surface area contributed by atoms with Crippen molar-refractivity contribution in [3.8, 4) is 0 Å². The third kappa shape index (κ3) is 0.715. The highest BCUT2D eigenvalue weighted by atomic mass is 16.8. The van der Waals surface area contributed by atoms with E-state index in [1.807, 2.05) is 13.8 Å². The quantitative estimate of drug-likeness (QED) is 0.397. The summed E-state index contributed by atoms with van der Waals surface area (Å²) in [6.07, 6.45) is 0.613. The molecule has 2 heterocycles. The van der Waals surface area contributed by atoms with Crippen LogP contribution in [0.2, 0.25) is 0 Å². The normalized spacial score (nSPS) is 53.7. The zero-order valence-electron chi connectivity index (χ0n) is 7.24. The van der Waals surface area contributed by atoms with E-state index >= 15 is 0 Å². The summed E-state index contributed by atoms with van der Waals surface area (Å²) >= 11 is 0. The molecule has 3 fully saturated rings. The van der Waals surface area contributed by atoms with Gasteiger partial charge in [-0.15, -0.1) is 0 Å². The van der Waals surface area contributed by atoms with Gasteiger partial charge in [0.15, 0.2) is 5.79 Å². The Hall–Kier alpha value is -0.380. The SMILES string of the molecule is C=C1[C@H]2O[C@H]2[C@@H]2OC(C)(C)O[C@H]12. The van der Waals surface area contributed by atoms with Crippen molar-refractivity contribution in [1.29, 1.82) is 0 Å². The maximum absolute atomic E-state index is 5.69. The minimum atomic E-state index is -0.463. The molecule has 3 aliphatic rings. The highest BCUT2D eigenvalue weighted by molar-refractivity contribution is 5.31. The number of fused-ring (bicyclic) bond motifs is 3. The van der Waals surface area contributed by atoms with Crippen molar-refractivity contribution in [1.82, 2.24) is 0 Å². The van der Waals surface area contributed by atoms with E-state index in [1.54, 1.807) is 0 Å². The lowest BCUT2D eigenvalue weighted by Crippen LogP contribution is -2.24. The highest BCUT2D eigenvalue weighted by Gasteiger charge is 2.64. The lowest BCUT2D eigenvalue weighted by atomic mass is 10.2. The van der Waals surface area contributed by atoms with Crippen molar-refractivity contribution in [2.45, 2.75) is 44.1 Å². The summed E-state index contributed by atoms with van der Waals surface area (Å²) in [6.45, 7) is 7.81. The van der Waals surface area contributed by atoms with E-state index in [-0.39, 0.29) is 24.4 Å². The molecule has 0 amide bonds. The summed E-state index contributed by atoms with van der Waals surface area (Å²) in [5.74, 6) is -0.463. The van der Waals surface area contributed by atoms with Gasteiger partial charge in [-0.25, -0.2) is 0 Å². The Bertz CT molecular complexity index is 258. The molecule has 3 rings (SSSR count). The lowest BCUT2D eigenvalue weighted by molar-refractivity contribution is -0.146. The molecule has 4 atom stereocenters. The smallest absolute Gasteiger partial charge is 0.164 e. The Kier molecular flexibility index (Phi) is 1.04. The van der Waals surface area contributed by atoms with Gasteiger partial charge in [-0.3, -0.25) is 0 Å². The fourth-order valence-corrected chi connectivity index (χ4v) is 2.15. The van der Waals surface area contributed by atoms with E-state index in [1.165, 1.54) is 0 Å². The van der Waals surface area contributed by atoms with Crippen molar-refractivity contribution in [3.63, 3.8) is 0 Å². The third-order valence-electron chi connectivity index (χ3n) is 2.71. The van der Waals surface area contributed by atoms with Crippen LogP contribution in [-0.4, -0.2) is 30.2 Å². The van der Waals surface area contributed by atoms with Crippen LogP contribution in [0.25, 0.3) is 0 Å². The molecule has 2 aliphatic heterocycles. The second-order valence-electron chi connectivity index (χ2n) is 4.12. The maximum atomic E-state index is 5.69. The summed E-state index contributed by atoms with van der Waals surface area (Å²) in [6, 6.07) is 0. The van der Waals surface area contributed by atoms with Crippen molar-refractivity contribution < 1.29 is 14.2 Å².